The number of aryl methyl sites for hydroxylation is 1. The van der Waals surface area contributed by atoms with Crippen LogP contribution >= 0.6 is 11.6 Å². The second kappa shape index (κ2) is 9.84. The lowest BCUT2D eigenvalue weighted by atomic mass is 10.2. The van der Waals surface area contributed by atoms with Crippen molar-refractivity contribution in [1.29, 1.82) is 0 Å². The van der Waals surface area contributed by atoms with Crippen LogP contribution in [-0.2, 0) is 6.42 Å². The Morgan fingerprint density at radius 2 is 2.14 bits per heavy atom. The van der Waals surface area contributed by atoms with Gasteiger partial charge in [0.1, 0.15) is 10.8 Å². The lowest BCUT2D eigenvalue weighted by Gasteiger charge is -2.19. The standard InChI is InChI=1S/C20H27ClN6O2/c1-3-5-6-14-12-19(26-10-9-16(13-26)22-4-2)25-20(23-14)24-15-7-8-17(21)18(11-15)27(28)29/h7-8,11-12,16,22H,3-6,9-10,13H2,1-2H3,(H,23,24,25). The normalized spacial score (nSPS) is 16.2. The number of anilines is 3. The molecule has 0 saturated carbocycles. The van der Waals surface area contributed by atoms with E-state index in [4.69, 9.17) is 11.6 Å². The SMILES string of the molecule is CCCCc1cc(N2CCC(NCC)C2)nc(Nc2ccc(Cl)c([N+](=O)[O-])c2)n1. The summed E-state index contributed by atoms with van der Waals surface area (Å²) >= 11 is 5.91. The fraction of sp³-hybridized carbons (Fsp3) is 0.500. The zero-order valence-corrected chi connectivity index (χ0v) is 17.6. The van der Waals surface area contributed by atoms with E-state index in [0.29, 0.717) is 17.7 Å². The number of nitrogens with one attached hydrogen (secondary N) is 2. The largest absolute Gasteiger partial charge is 0.355 e. The molecule has 1 fully saturated rings. The highest BCUT2D eigenvalue weighted by Gasteiger charge is 2.23. The van der Waals surface area contributed by atoms with Crippen LogP contribution in [0.2, 0.25) is 5.02 Å². The summed E-state index contributed by atoms with van der Waals surface area (Å²) in [5.74, 6) is 1.33. The molecular weight excluding hydrogens is 392 g/mol. The number of nitrogens with zero attached hydrogens (tertiary/aromatic N) is 4. The van der Waals surface area contributed by atoms with Gasteiger partial charge < -0.3 is 15.5 Å². The van der Waals surface area contributed by atoms with Crippen LogP contribution in [0.25, 0.3) is 0 Å². The molecule has 1 saturated heterocycles. The van der Waals surface area contributed by atoms with Crippen molar-refractivity contribution in [2.24, 2.45) is 0 Å². The van der Waals surface area contributed by atoms with Crippen molar-refractivity contribution in [3.8, 4) is 0 Å². The maximum Gasteiger partial charge on any atom is 0.289 e. The lowest BCUT2D eigenvalue weighted by Crippen LogP contribution is -2.32. The molecule has 3 rings (SSSR count). The van der Waals surface area contributed by atoms with Gasteiger partial charge in [-0.05, 0) is 37.9 Å². The third-order valence-corrected chi connectivity index (χ3v) is 5.28. The summed E-state index contributed by atoms with van der Waals surface area (Å²) in [6.07, 6.45) is 4.07. The molecule has 1 aromatic heterocycles. The molecule has 0 amide bonds. The minimum atomic E-state index is -0.497. The molecule has 0 bridgehead atoms. The van der Waals surface area contributed by atoms with Gasteiger partial charge in [-0.25, -0.2) is 4.98 Å². The molecule has 8 nitrogen and oxygen atoms in total. The molecular formula is C20H27ClN6O2. The van der Waals surface area contributed by atoms with Crippen LogP contribution in [0.15, 0.2) is 24.3 Å². The van der Waals surface area contributed by atoms with Crippen molar-refractivity contribution in [2.45, 2.75) is 45.6 Å². The maximum absolute atomic E-state index is 11.2. The number of nitro groups is 1. The first-order valence-electron chi connectivity index (χ1n) is 10.1. The second-order valence-corrected chi connectivity index (χ2v) is 7.59. The summed E-state index contributed by atoms with van der Waals surface area (Å²) < 4.78 is 0. The summed E-state index contributed by atoms with van der Waals surface area (Å²) in [4.78, 5) is 22.2. The van der Waals surface area contributed by atoms with Gasteiger partial charge in [-0.3, -0.25) is 10.1 Å². The number of nitro benzene ring substituents is 1. The van der Waals surface area contributed by atoms with E-state index in [2.05, 4.69) is 45.4 Å². The van der Waals surface area contributed by atoms with Crippen molar-refractivity contribution in [3.63, 3.8) is 0 Å². The predicted octanol–water partition coefficient (Wildman–Crippen LogP) is 4.31. The Morgan fingerprint density at radius 1 is 1.31 bits per heavy atom. The lowest BCUT2D eigenvalue weighted by molar-refractivity contribution is -0.384. The molecule has 0 radical (unpaired) electrons. The highest BCUT2D eigenvalue weighted by Crippen LogP contribution is 2.29. The van der Waals surface area contributed by atoms with E-state index in [1.807, 2.05) is 0 Å². The van der Waals surface area contributed by atoms with Gasteiger partial charge in [-0.2, -0.15) is 4.98 Å². The average molecular weight is 419 g/mol. The summed E-state index contributed by atoms with van der Waals surface area (Å²) in [5.41, 5.74) is 1.36. The molecule has 0 aliphatic carbocycles. The molecule has 2 N–H and O–H groups in total. The topological polar surface area (TPSA) is 96.2 Å². The molecule has 1 aliphatic heterocycles. The molecule has 0 spiro atoms. The van der Waals surface area contributed by atoms with Crippen LogP contribution in [0.3, 0.4) is 0 Å². The number of likely N-dealkylation sites (N-methyl/N-ethyl adjacent to an activating group) is 1. The fourth-order valence-electron chi connectivity index (χ4n) is 3.47. The molecule has 1 aromatic carbocycles. The Morgan fingerprint density at radius 3 is 2.86 bits per heavy atom. The smallest absolute Gasteiger partial charge is 0.289 e. The van der Waals surface area contributed by atoms with E-state index in [0.717, 1.165) is 56.8 Å². The zero-order valence-electron chi connectivity index (χ0n) is 16.8. The molecule has 9 heteroatoms. The Bertz CT molecular complexity index is 863. The highest BCUT2D eigenvalue weighted by atomic mass is 35.5. The van der Waals surface area contributed by atoms with Gasteiger partial charge >= 0.3 is 0 Å². The molecule has 156 valence electrons. The van der Waals surface area contributed by atoms with Crippen molar-refractivity contribution < 1.29 is 4.92 Å². The van der Waals surface area contributed by atoms with Gasteiger partial charge in [0.2, 0.25) is 5.95 Å². The number of benzene rings is 1. The first kappa shape index (κ1) is 21.3. The zero-order chi connectivity index (χ0) is 20.8. The minimum Gasteiger partial charge on any atom is -0.355 e. The van der Waals surface area contributed by atoms with Crippen molar-refractivity contribution in [2.75, 3.05) is 29.9 Å². The Balaban J connectivity index is 1.86. The average Bonchev–Trinajstić information content (AvgIpc) is 3.16. The summed E-state index contributed by atoms with van der Waals surface area (Å²) in [6, 6.07) is 7.12. The molecule has 1 atom stereocenters. The number of aromatic nitrogens is 2. The van der Waals surface area contributed by atoms with Gasteiger partial charge in [0.15, 0.2) is 0 Å². The quantitative estimate of drug-likeness (QED) is 0.462. The summed E-state index contributed by atoms with van der Waals surface area (Å²) in [7, 11) is 0. The number of unbranched alkanes of at least 4 members (excludes halogenated alkanes) is 1. The van der Waals surface area contributed by atoms with Crippen molar-refractivity contribution >= 4 is 34.7 Å². The maximum atomic E-state index is 11.2. The van der Waals surface area contributed by atoms with Gasteiger partial charge in [-0.1, -0.05) is 31.9 Å². The van der Waals surface area contributed by atoms with E-state index in [1.165, 1.54) is 12.1 Å². The Kier molecular flexibility index (Phi) is 7.22. The fourth-order valence-corrected chi connectivity index (χ4v) is 3.66. The van der Waals surface area contributed by atoms with E-state index < -0.39 is 4.92 Å². The summed E-state index contributed by atoms with van der Waals surface area (Å²) in [6.45, 7) is 7.06. The van der Waals surface area contributed by atoms with Crippen LogP contribution in [-0.4, -0.2) is 40.6 Å². The molecule has 1 aliphatic rings. The molecule has 1 unspecified atom stereocenters. The third kappa shape index (κ3) is 5.55. The van der Waals surface area contributed by atoms with Gasteiger partial charge in [0, 0.05) is 42.6 Å². The molecule has 2 heterocycles. The van der Waals surface area contributed by atoms with Crippen LogP contribution in [0.5, 0.6) is 0 Å². The number of rotatable bonds is 9. The van der Waals surface area contributed by atoms with E-state index in [1.54, 1.807) is 6.07 Å². The van der Waals surface area contributed by atoms with E-state index in [-0.39, 0.29) is 10.7 Å². The van der Waals surface area contributed by atoms with Crippen molar-refractivity contribution in [1.82, 2.24) is 15.3 Å². The van der Waals surface area contributed by atoms with E-state index >= 15 is 0 Å². The third-order valence-electron chi connectivity index (χ3n) is 4.96. The summed E-state index contributed by atoms with van der Waals surface area (Å²) in [5, 5.41) is 17.9. The van der Waals surface area contributed by atoms with Gasteiger partial charge in [0.25, 0.3) is 5.69 Å². The van der Waals surface area contributed by atoms with Crippen molar-refractivity contribution in [3.05, 3.63) is 45.1 Å². The Hall–Kier alpha value is -2.45. The van der Waals surface area contributed by atoms with Gasteiger partial charge in [-0.15, -0.1) is 0 Å². The van der Waals surface area contributed by atoms with Crippen LogP contribution in [0.1, 0.15) is 38.8 Å². The predicted molar refractivity (Wildman–Crippen MR) is 116 cm³/mol. The minimum absolute atomic E-state index is 0.102. The molecule has 2 aromatic rings. The second-order valence-electron chi connectivity index (χ2n) is 7.18. The number of hydrogen-bond acceptors (Lipinski definition) is 7. The number of halogens is 1. The molecule has 29 heavy (non-hydrogen) atoms. The number of hydrogen-bond donors (Lipinski definition) is 2. The van der Waals surface area contributed by atoms with Crippen LogP contribution < -0.4 is 15.5 Å². The van der Waals surface area contributed by atoms with Gasteiger partial charge in [0.05, 0.1) is 4.92 Å². The van der Waals surface area contributed by atoms with Crippen LogP contribution in [0.4, 0.5) is 23.1 Å². The highest BCUT2D eigenvalue weighted by molar-refractivity contribution is 6.32. The van der Waals surface area contributed by atoms with E-state index in [9.17, 15) is 10.1 Å². The first-order chi connectivity index (χ1) is 14.0. The van der Waals surface area contributed by atoms with Crippen LogP contribution in [0, 0.1) is 10.1 Å². The first-order valence-corrected chi connectivity index (χ1v) is 10.4. The Labute approximate surface area is 175 Å². The monoisotopic (exact) mass is 418 g/mol.